The average Bonchev–Trinajstić information content (AvgIpc) is 3.16. The summed E-state index contributed by atoms with van der Waals surface area (Å²) >= 11 is 3.27. The number of nitrogens with one attached hydrogen (secondary N) is 2. The van der Waals surface area contributed by atoms with Gasteiger partial charge < -0.3 is 9.64 Å². The van der Waals surface area contributed by atoms with Crippen LogP contribution in [0.5, 0.6) is 0 Å². The third-order valence-corrected chi connectivity index (χ3v) is 4.77. The molecule has 0 bridgehead atoms. The van der Waals surface area contributed by atoms with Crippen LogP contribution < -0.4 is 15.8 Å². The minimum absolute atomic E-state index is 0.0576. The van der Waals surface area contributed by atoms with E-state index < -0.39 is 24.4 Å². The number of halogens is 1. The first-order valence-electron chi connectivity index (χ1n) is 8.86. The smallest absolute Gasteiger partial charge is 0.338 e. The second kappa shape index (κ2) is 9.33. The molecule has 0 aliphatic carbocycles. The maximum absolute atomic E-state index is 12.1. The summed E-state index contributed by atoms with van der Waals surface area (Å²) in [5.41, 5.74) is 5.76. The van der Waals surface area contributed by atoms with E-state index >= 15 is 0 Å². The normalized spacial score (nSPS) is 13.1. The summed E-state index contributed by atoms with van der Waals surface area (Å²) in [6.07, 6.45) is 1.34. The van der Waals surface area contributed by atoms with Crippen molar-refractivity contribution in [1.82, 2.24) is 10.9 Å². The van der Waals surface area contributed by atoms with Crippen molar-refractivity contribution in [3.05, 3.63) is 64.1 Å². The first-order chi connectivity index (χ1) is 13.9. The maximum Gasteiger partial charge on any atom is 0.338 e. The minimum Gasteiger partial charge on any atom is -0.452 e. The molecular weight excluding hydrogens is 442 g/mol. The Labute approximate surface area is 175 Å². The molecule has 1 fully saturated rings. The Morgan fingerprint density at radius 1 is 0.966 bits per heavy atom. The van der Waals surface area contributed by atoms with Crippen molar-refractivity contribution in [2.45, 2.75) is 12.8 Å². The van der Waals surface area contributed by atoms with Gasteiger partial charge in [0.25, 0.3) is 11.8 Å². The highest BCUT2D eigenvalue weighted by Crippen LogP contribution is 2.21. The van der Waals surface area contributed by atoms with Gasteiger partial charge >= 0.3 is 5.97 Å². The molecule has 0 spiro atoms. The Morgan fingerprint density at radius 3 is 2.24 bits per heavy atom. The van der Waals surface area contributed by atoms with Gasteiger partial charge in [0.2, 0.25) is 5.91 Å². The molecule has 8 nitrogen and oxygen atoms in total. The van der Waals surface area contributed by atoms with E-state index in [1.165, 1.54) is 12.1 Å². The molecule has 1 aliphatic rings. The molecule has 2 N–H and O–H groups in total. The molecule has 1 heterocycles. The molecule has 1 aliphatic heterocycles. The van der Waals surface area contributed by atoms with Crippen LogP contribution in [-0.4, -0.2) is 36.8 Å². The Morgan fingerprint density at radius 2 is 1.62 bits per heavy atom. The first kappa shape index (κ1) is 20.5. The summed E-state index contributed by atoms with van der Waals surface area (Å²) in [4.78, 5) is 49.2. The van der Waals surface area contributed by atoms with Gasteiger partial charge in [-0.15, -0.1) is 0 Å². The van der Waals surface area contributed by atoms with Crippen molar-refractivity contribution in [3.8, 4) is 0 Å². The molecule has 2 aromatic rings. The monoisotopic (exact) mass is 459 g/mol. The van der Waals surface area contributed by atoms with Crippen LogP contribution in [0.1, 0.15) is 33.6 Å². The Bertz CT molecular complexity index is 928. The van der Waals surface area contributed by atoms with Crippen molar-refractivity contribution in [2.75, 3.05) is 18.1 Å². The largest absolute Gasteiger partial charge is 0.452 e. The van der Waals surface area contributed by atoms with Crippen molar-refractivity contribution >= 4 is 45.3 Å². The van der Waals surface area contributed by atoms with Crippen molar-refractivity contribution < 1.29 is 23.9 Å². The topological polar surface area (TPSA) is 105 Å². The molecule has 1 saturated heterocycles. The molecule has 150 valence electrons. The molecule has 29 heavy (non-hydrogen) atoms. The Kier molecular flexibility index (Phi) is 6.61. The van der Waals surface area contributed by atoms with Crippen LogP contribution >= 0.6 is 15.9 Å². The van der Waals surface area contributed by atoms with Gasteiger partial charge in [-0.3, -0.25) is 25.2 Å². The number of benzene rings is 2. The van der Waals surface area contributed by atoms with E-state index in [2.05, 4.69) is 26.8 Å². The van der Waals surface area contributed by atoms with Crippen LogP contribution in [0.2, 0.25) is 0 Å². The fourth-order valence-corrected chi connectivity index (χ4v) is 3.01. The van der Waals surface area contributed by atoms with E-state index in [1.807, 2.05) is 0 Å². The lowest BCUT2D eigenvalue weighted by molar-refractivity contribution is -0.125. The molecule has 0 saturated carbocycles. The van der Waals surface area contributed by atoms with E-state index in [9.17, 15) is 19.2 Å². The quantitative estimate of drug-likeness (QED) is 0.526. The molecule has 9 heteroatoms. The van der Waals surface area contributed by atoms with E-state index in [0.717, 1.165) is 16.6 Å². The highest BCUT2D eigenvalue weighted by Gasteiger charge is 2.22. The highest BCUT2D eigenvalue weighted by molar-refractivity contribution is 9.10. The number of rotatable bonds is 5. The summed E-state index contributed by atoms with van der Waals surface area (Å²) in [5, 5.41) is 0. The van der Waals surface area contributed by atoms with Gasteiger partial charge in [-0.1, -0.05) is 15.9 Å². The molecule has 2 aromatic carbocycles. The van der Waals surface area contributed by atoms with Crippen LogP contribution in [0.15, 0.2) is 53.0 Å². The lowest BCUT2D eigenvalue weighted by atomic mass is 10.2. The average molecular weight is 460 g/mol. The predicted octanol–water partition coefficient (Wildman–Crippen LogP) is 2.19. The van der Waals surface area contributed by atoms with E-state index in [-0.39, 0.29) is 11.5 Å². The number of anilines is 1. The second-order valence-electron chi connectivity index (χ2n) is 6.28. The van der Waals surface area contributed by atoms with Crippen LogP contribution in [0.3, 0.4) is 0 Å². The third kappa shape index (κ3) is 5.41. The number of ether oxygens (including phenoxy) is 1. The molecule has 3 rings (SSSR count). The van der Waals surface area contributed by atoms with Gasteiger partial charge in [0.1, 0.15) is 0 Å². The van der Waals surface area contributed by atoms with Gasteiger partial charge in [0, 0.05) is 28.7 Å². The zero-order valence-electron chi connectivity index (χ0n) is 15.3. The van der Waals surface area contributed by atoms with Crippen LogP contribution in [0.4, 0.5) is 5.69 Å². The number of amides is 3. The van der Waals surface area contributed by atoms with Crippen LogP contribution in [-0.2, 0) is 14.3 Å². The fourth-order valence-electron chi connectivity index (χ4n) is 2.75. The second-order valence-corrected chi connectivity index (χ2v) is 7.20. The zero-order valence-corrected chi connectivity index (χ0v) is 16.9. The van der Waals surface area contributed by atoms with Gasteiger partial charge in [-0.2, -0.15) is 0 Å². The highest BCUT2D eigenvalue weighted by atomic mass is 79.9. The van der Waals surface area contributed by atoms with Crippen molar-refractivity contribution in [3.63, 3.8) is 0 Å². The lowest BCUT2D eigenvalue weighted by Gasteiger charge is -2.15. The molecule has 3 amide bonds. The fraction of sp³-hybridized carbons (Fsp3) is 0.200. The molecule has 0 unspecified atom stereocenters. The first-order valence-corrected chi connectivity index (χ1v) is 9.65. The summed E-state index contributed by atoms with van der Waals surface area (Å²) in [6, 6.07) is 13.0. The van der Waals surface area contributed by atoms with E-state index in [0.29, 0.717) is 18.5 Å². The number of nitrogens with zero attached hydrogens (tertiary/aromatic N) is 1. The summed E-state index contributed by atoms with van der Waals surface area (Å²) in [6.45, 7) is 0.112. The Balaban J connectivity index is 1.44. The number of carbonyl (C=O) groups excluding carboxylic acids is 4. The standard InChI is InChI=1S/C20H18BrN3O5/c21-15-7-3-13(4-8-15)19(27)23-22-17(25)12-29-20(28)14-5-9-16(10-6-14)24-11-1-2-18(24)26/h3-10H,1-2,11-12H2,(H,22,25)(H,23,27). The van der Waals surface area contributed by atoms with Gasteiger partial charge in [-0.05, 0) is 55.0 Å². The van der Waals surface area contributed by atoms with Crippen LogP contribution in [0, 0.1) is 0 Å². The molecule has 0 aromatic heterocycles. The predicted molar refractivity (Wildman–Crippen MR) is 108 cm³/mol. The van der Waals surface area contributed by atoms with Crippen molar-refractivity contribution in [1.29, 1.82) is 0 Å². The Hall–Kier alpha value is -3.20. The minimum atomic E-state index is -0.682. The van der Waals surface area contributed by atoms with Gasteiger partial charge in [0.05, 0.1) is 5.56 Å². The third-order valence-electron chi connectivity index (χ3n) is 4.24. The van der Waals surface area contributed by atoms with Crippen molar-refractivity contribution in [2.24, 2.45) is 0 Å². The summed E-state index contributed by atoms with van der Waals surface area (Å²) in [7, 11) is 0. The van der Waals surface area contributed by atoms with E-state index in [4.69, 9.17) is 4.74 Å². The molecule has 0 radical (unpaired) electrons. The number of carbonyl (C=O) groups is 4. The van der Waals surface area contributed by atoms with E-state index in [1.54, 1.807) is 41.3 Å². The van der Waals surface area contributed by atoms with Gasteiger partial charge in [0.15, 0.2) is 6.61 Å². The number of hydrogen-bond acceptors (Lipinski definition) is 5. The summed E-state index contributed by atoms with van der Waals surface area (Å²) < 4.78 is 5.77. The maximum atomic E-state index is 12.1. The van der Waals surface area contributed by atoms with Gasteiger partial charge in [-0.25, -0.2) is 4.79 Å². The molecular formula is C20H18BrN3O5. The molecule has 0 atom stereocenters. The SMILES string of the molecule is O=C(COC(=O)c1ccc(N2CCCC2=O)cc1)NNC(=O)c1ccc(Br)cc1. The summed E-state index contributed by atoms with van der Waals surface area (Å²) in [5.74, 6) is -1.80. The van der Waals surface area contributed by atoms with Crippen LogP contribution in [0.25, 0.3) is 0 Å². The number of hydrogen-bond donors (Lipinski definition) is 2. The number of hydrazine groups is 1. The lowest BCUT2D eigenvalue weighted by Crippen LogP contribution is -2.43. The number of esters is 1. The zero-order chi connectivity index (χ0) is 20.8.